The van der Waals surface area contributed by atoms with E-state index < -0.39 is 12.2 Å². The molecule has 13 nitrogen and oxygen atoms in total. The third-order valence-electron chi connectivity index (χ3n) is 10.6. The first-order valence-corrected chi connectivity index (χ1v) is 21.8. The number of carbonyl (C=O) groups excluding carboxylic acids is 2. The summed E-state index contributed by atoms with van der Waals surface area (Å²) < 4.78 is 25.1. The van der Waals surface area contributed by atoms with Gasteiger partial charge in [-0.25, -0.2) is 14.6 Å². The van der Waals surface area contributed by atoms with Crippen molar-refractivity contribution in [1.29, 1.82) is 0 Å². The van der Waals surface area contributed by atoms with Crippen LogP contribution in [0, 0.1) is 0 Å². The number of anilines is 4. The predicted molar refractivity (Wildman–Crippen MR) is 236 cm³/mol. The molecule has 3 fully saturated rings. The van der Waals surface area contributed by atoms with Gasteiger partial charge in [-0.15, -0.1) is 22.7 Å². The molecule has 3 aliphatic rings. The molecule has 2 aliphatic heterocycles. The van der Waals surface area contributed by atoms with Crippen molar-refractivity contribution in [3.63, 3.8) is 0 Å². The summed E-state index contributed by atoms with van der Waals surface area (Å²) in [7, 11) is 0. The zero-order valence-electron chi connectivity index (χ0n) is 32.6. The summed E-state index contributed by atoms with van der Waals surface area (Å²) in [6.07, 6.45) is 9.34. The van der Waals surface area contributed by atoms with Crippen molar-refractivity contribution in [2.24, 2.45) is 0 Å². The Morgan fingerprint density at radius 3 is 1.72 bits per heavy atom. The van der Waals surface area contributed by atoms with Gasteiger partial charge < -0.3 is 28.7 Å². The van der Waals surface area contributed by atoms with Crippen molar-refractivity contribution in [2.45, 2.75) is 50.4 Å². The van der Waals surface area contributed by atoms with Gasteiger partial charge in [-0.1, -0.05) is 18.2 Å². The van der Waals surface area contributed by atoms with Gasteiger partial charge in [-0.2, -0.15) is 0 Å². The van der Waals surface area contributed by atoms with Crippen molar-refractivity contribution in [1.82, 2.24) is 15.0 Å². The maximum atomic E-state index is 12.4. The Hall–Kier alpha value is -6.45. The topological polar surface area (TPSA) is 140 Å². The van der Waals surface area contributed by atoms with Crippen LogP contribution in [-0.2, 0) is 9.47 Å². The first-order valence-electron chi connectivity index (χ1n) is 20.0. The fraction of sp³-hybridized carbons (Fsp3) is 0.267. The summed E-state index contributed by atoms with van der Waals surface area (Å²) in [4.78, 5) is 42.2. The van der Waals surface area contributed by atoms with Gasteiger partial charge in [0.2, 0.25) is 5.88 Å². The number of ether oxygens (including phenoxy) is 4. The van der Waals surface area contributed by atoms with E-state index in [2.05, 4.69) is 46.1 Å². The van der Waals surface area contributed by atoms with Crippen LogP contribution in [0.1, 0.15) is 32.1 Å². The molecule has 7 heterocycles. The van der Waals surface area contributed by atoms with Crippen LogP contribution in [0.4, 0.5) is 32.3 Å². The number of nitrogens with zero attached hydrogens (tertiary/aromatic N) is 5. The molecule has 2 aromatic carbocycles. The van der Waals surface area contributed by atoms with Gasteiger partial charge >= 0.3 is 12.2 Å². The van der Waals surface area contributed by atoms with Gasteiger partial charge in [0.15, 0.2) is 0 Å². The van der Waals surface area contributed by atoms with Crippen molar-refractivity contribution in [3.8, 4) is 17.4 Å². The summed E-state index contributed by atoms with van der Waals surface area (Å²) in [5, 5.41) is 9.65. The van der Waals surface area contributed by atoms with E-state index in [1.54, 1.807) is 53.1 Å². The highest BCUT2D eigenvalue weighted by Gasteiger charge is 2.29. The molecule has 7 aromatic rings. The zero-order chi connectivity index (χ0) is 40.7. The van der Waals surface area contributed by atoms with E-state index in [9.17, 15) is 9.59 Å². The quantitative estimate of drug-likeness (QED) is 0.136. The molecule has 0 bridgehead atoms. The Kier molecular flexibility index (Phi) is 11.9. The summed E-state index contributed by atoms with van der Waals surface area (Å²) >= 11 is 3.37. The molecule has 1 saturated carbocycles. The second-order valence-corrected chi connectivity index (χ2v) is 16.5. The normalized spacial score (nSPS) is 17.4. The minimum absolute atomic E-state index is 0.146. The van der Waals surface area contributed by atoms with E-state index in [-0.39, 0.29) is 18.3 Å². The van der Waals surface area contributed by atoms with Crippen molar-refractivity contribution >= 4 is 78.0 Å². The van der Waals surface area contributed by atoms with E-state index in [0.717, 1.165) is 66.9 Å². The lowest BCUT2D eigenvalue weighted by atomic mass is 9.96. The molecule has 2 atom stereocenters. The minimum Gasteiger partial charge on any atom is -0.474 e. The second-order valence-electron chi connectivity index (χ2n) is 14.7. The van der Waals surface area contributed by atoms with Crippen LogP contribution in [0.25, 0.3) is 20.4 Å². The first-order chi connectivity index (χ1) is 29.5. The Labute approximate surface area is 354 Å². The van der Waals surface area contributed by atoms with Gasteiger partial charge in [0, 0.05) is 50.1 Å². The number of carbonyl (C=O) groups is 2. The number of thiophene rings is 2. The number of hydrogen-bond donors (Lipinski definition) is 2. The summed E-state index contributed by atoms with van der Waals surface area (Å²) in [6.45, 7) is 3.05. The molecule has 2 amide bonds. The number of para-hydroxylation sites is 1. The number of hydrogen-bond acceptors (Lipinski definition) is 13. The smallest absolute Gasteiger partial charge is 0.412 e. The fourth-order valence-corrected chi connectivity index (χ4v) is 9.10. The van der Waals surface area contributed by atoms with Crippen molar-refractivity contribution in [2.75, 3.05) is 46.6 Å². The third-order valence-corrected chi connectivity index (χ3v) is 12.4. The molecule has 1 aliphatic carbocycles. The Morgan fingerprint density at radius 2 is 1.17 bits per heavy atom. The molecule has 306 valence electrons. The highest BCUT2D eigenvalue weighted by atomic mass is 32.1. The summed E-state index contributed by atoms with van der Waals surface area (Å²) in [5.74, 6) is 2.06. The van der Waals surface area contributed by atoms with Gasteiger partial charge in [0.1, 0.15) is 29.8 Å². The molecule has 5 aromatic heterocycles. The predicted octanol–water partition coefficient (Wildman–Crippen LogP) is 10.4. The largest absolute Gasteiger partial charge is 0.474 e. The van der Waals surface area contributed by atoms with Crippen LogP contribution in [0.2, 0.25) is 0 Å². The molecule has 15 heteroatoms. The minimum atomic E-state index is -0.456. The molecule has 60 heavy (non-hydrogen) atoms. The van der Waals surface area contributed by atoms with Crippen LogP contribution >= 0.6 is 22.7 Å². The highest BCUT2D eigenvalue weighted by molar-refractivity contribution is 7.18. The zero-order valence-corrected chi connectivity index (χ0v) is 34.3. The van der Waals surface area contributed by atoms with Crippen LogP contribution in [-0.4, -0.2) is 71.6 Å². The lowest BCUT2D eigenvalue weighted by Gasteiger charge is -2.25. The van der Waals surface area contributed by atoms with Crippen molar-refractivity contribution < 1.29 is 28.5 Å². The maximum absolute atomic E-state index is 12.4. The third kappa shape index (κ3) is 9.53. The summed E-state index contributed by atoms with van der Waals surface area (Å²) in [5.41, 5.74) is 5.58. The van der Waals surface area contributed by atoms with Gasteiger partial charge in [-0.3, -0.25) is 20.6 Å². The first kappa shape index (κ1) is 39.0. The molecule has 2 unspecified atom stereocenters. The number of amides is 2. The standard InChI is InChI=1S/C24H21N3O3S.C21H22N4O3S/c28-24(26-17-6-8-19(9-7-17)29-18-4-2-1-3-5-18)30-20-11-14-27(16-20)22-10-13-25-21-12-15-31-23(21)22;26-21(24-14-4-5-19(23-12-14)27-15-2-1-3-15)28-16-7-10-25(13-16)18-6-9-22-17-8-11-29-20(17)18/h1-10,12-13,15,20H,11,14,16H2,(H,26,28);4-6,8-9,11-12,15-16H,1-3,7,10,13H2,(H,24,26). The molecule has 2 saturated heterocycles. The molecule has 0 radical (unpaired) electrons. The lowest BCUT2D eigenvalue weighted by molar-refractivity contribution is 0.114. The van der Waals surface area contributed by atoms with Crippen LogP contribution in [0.5, 0.6) is 17.4 Å². The molecular weight excluding hydrogens is 799 g/mol. The van der Waals surface area contributed by atoms with E-state index in [4.69, 9.17) is 18.9 Å². The Balaban J connectivity index is 0.000000154. The van der Waals surface area contributed by atoms with Crippen LogP contribution in [0.3, 0.4) is 0 Å². The molecular formula is C45H43N7O6S2. The monoisotopic (exact) mass is 841 g/mol. The van der Waals surface area contributed by atoms with Crippen molar-refractivity contribution in [3.05, 3.63) is 120 Å². The van der Waals surface area contributed by atoms with Gasteiger partial charge in [0.05, 0.1) is 56.8 Å². The molecule has 2 N–H and O–H groups in total. The second kappa shape index (κ2) is 18.2. The highest BCUT2D eigenvalue weighted by Crippen LogP contribution is 2.34. The number of nitrogens with one attached hydrogen (secondary N) is 2. The maximum Gasteiger partial charge on any atom is 0.412 e. The fourth-order valence-electron chi connectivity index (χ4n) is 7.32. The lowest BCUT2D eigenvalue weighted by Crippen LogP contribution is -2.27. The van der Waals surface area contributed by atoms with Crippen LogP contribution < -0.4 is 29.9 Å². The number of aromatic nitrogens is 3. The average molecular weight is 842 g/mol. The van der Waals surface area contributed by atoms with Gasteiger partial charge in [-0.05, 0) is 96.8 Å². The average Bonchev–Trinajstić information content (AvgIpc) is 4.09. The Morgan fingerprint density at radius 1 is 0.600 bits per heavy atom. The number of pyridine rings is 3. The molecule has 10 rings (SSSR count). The summed E-state index contributed by atoms with van der Waals surface area (Å²) in [6, 6.07) is 28.5. The van der Waals surface area contributed by atoms with E-state index in [1.165, 1.54) is 15.8 Å². The van der Waals surface area contributed by atoms with Gasteiger partial charge in [0.25, 0.3) is 0 Å². The number of fused-ring (bicyclic) bond motifs is 2. The number of benzene rings is 2. The van der Waals surface area contributed by atoms with E-state index >= 15 is 0 Å². The number of rotatable bonds is 10. The Bertz CT molecular complexity index is 2530. The van der Waals surface area contributed by atoms with Crippen LogP contribution in [0.15, 0.2) is 120 Å². The van der Waals surface area contributed by atoms with E-state index in [1.807, 2.05) is 79.1 Å². The van der Waals surface area contributed by atoms with E-state index in [0.29, 0.717) is 36.1 Å². The SMILES string of the molecule is O=C(Nc1ccc(OC2CCC2)nc1)OC1CCN(c2ccnc3ccsc23)C1.O=C(Nc1ccc(Oc2ccccc2)cc1)OC1CCN(c2ccnc3ccsc23)C1. The molecule has 0 spiro atoms.